The number of fused-ring (bicyclic) bond motifs is 4. The van der Waals surface area contributed by atoms with Crippen molar-refractivity contribution in [1.82, 2.24) is 14.4 Å². The van der Waals surface area contributed by atoms with E-state index in [1.807, 2.05) is 86.8 Å². The Morgan fingerprint density at radius 1 is 0.593 bits per heavy atom. The van der Waals surface area contributed by atoms with Crippen LogP contribution in [0.1, 0.15) is 63.8 Å². The molecule has 59 heavy (non-hydrogen) atoms. The summed E-state index contributed by atoms with van der Waals surface area (Å²) in [6, 6.07) is 40.3. The standard InChI is InChI=1S/C39H33N2O2.C13H11FN.Ir/c1-38(2,3)26-12-14-28-33(21-26)41-34-22-27(39(4,5)6)13-15-29(34)37(43)31-19-25(18-30(35(31)41)36(28)42)24-16-17-40-32(20-24)23-10-8-7-9-11-23;1-9-7-13(15-8-10(9)2)11-3-5-12(14)6-4-11;/h7-10,12-22H,1-6H3;3,5-8H,1-2H3;/q2*-1;. The van der Waals surface area contributed by atoms with Gasteiger partial charge in [-0.1, -0.05) is 71.4 Å². The molecule has 1 radical (unpaired) electrons. The Morgan fingerprint density at radius 3 is 1.71 bits per heavy atom. The first-order valence-electron chi connectivity index (χ1n) is 19.5. The monoisotopic (exact) mass is 954 g/mol. The minimum absolute atomic E-state index is 0. The Labute approximate surface area is 357 Å². The predicted molar refractivity (Wildman–Crippen MR) is 236 cm³/mol. The molecule has 0 aliphatic heterocycles. The second kappa shape index (κ2) is 15.7. The van der Waals surface area contributed by atoms with Gasteiger partial charge in [0.1, 0.15) is 0 Å². The van der Waals surface area contributed by atoms with Crippen LogP contribution in [-0.2, 0) is 30.9 Å². The van der Waals surface area contributed by atoms with Gasteiger partial charge in [-0.15, -0.1) is 65.7 Å². The fourth-order valence-corrected chi connectivity index (χ4v) is 7.45. The van der Waals surface area contributed by atoms with E-state index in [4.69, 9.17) is 0 Å². The minimum atomic E-state index is -0.275. The molecule has 297 valence electrons. The van der Waals surface area contributed by atoms with Crippen LogP contribution in [0.5, 0.6) is 0 Å². The summed E-state index contributed by atoms with van der Waals surface area (Å²) < 4.78 is 14.9. The second-order valence-corrected chi connectivity index (χ2v) is 17.2. The largest absolute Gasteiger partial charge is 0.307 e. The second-order valence-electron chi connectivity index (χ2n) is 17.2. The van der Waals surface area contributed by atoms with Crippen molar-refractivity contribution in [2.24, 2.45) is 0 Å². The van der Waals surface area contributed by atoms with Gasteiger partial charge >= 0.3 is 0 Å². The van der Waals surface area contributed by atoms with Crippen molar-refractivity contribution >= 4 is 38.1 Å². The number of pyridine rings is 4. The third-order valence-electron chi connectivity index (χ3n) is 11.0. The van der Waals surface area contributed by atoms with Gasteiger partial charge in [0.25, 0.3) is 0 Å². The van der Waals surface area contributed by atoms with Gasteiger partial charge in [-0.2, -0.15) is 0 Å². The van der Waals surface area contributed by atoms with Gasteiger partial charge < -0.3 is 14.4 Å². The zero-order valence-corrected chi connectivity index (χ0v) is 36.8. The van der Waals surface area contributed by atoms with E-state index in [1.165, 1.54) is 17.7 Å². The molecule has 9 rings (SSSR count). The molecule has 0 unspecified atom stereocenters. The van der Waals surface area contributed by atoms with Crippen LogP contribution in [0.3, 0.4) is 0 Å². The van der Waals surface area contributed by atoms with Crippen molar-refractivity contribution < 1.29 is 24.5 Å². The third kappa shape index (κ3) is 7.85. The quantitative estimate of drug-likeness (QED) is 0.101. The molecular formula is C52H44FIrN3O2-2. The first-order valence-corrected chi connectivity index (χ1v) is 19.5. The molecule has 7 heteroatoms. The number of hydrogen-bond donors (Lipinski definition) is 0. The maximum atomic E-state index is 14.3. The fourth-order valence-electron chi connectivity index (χ4n) is 7.45. The number of aromatic nitrogens is 3. The van der Waals surface area contributed by atoms with Gasteiger partial charge in [-0.3, -0.25) is 14.0 Å². The molecule has 0 saturated carbocycles. The Balaban J connectivity index is 0.000000278. The average Bonchev–Trinajstić information content (AvgIpc) is 3.21. The van der Waals surface area contributed by atoms with Crippen LogP contribution in [0, 0.1) is 31.8 Å². The van der Waals surface area contributed by atoms with Crippen molar-refractivity contribution in [2.45, 2.75) is 66.2 Å². The Kier molecular flexibility index (Phi) is 11.0. The molecular weight excluding hydrogens is 910 g/mol. The molecule has 4 aromatic heterocycles. The summed E-state index contributed by atoms with van der Waals surface area (Å²) in [5.41, 5.74) is 11.6. The first kappa shape index (κ1) is 41.3. The molecule has 0 fully saturated rings. The van der Waals surface area contributed by atoms with Crippen LogP contribution in [0.25, 0.3) is 71.7 Å². The average molecular weight is 954 g/mol. The molecule has 9 aromatic rings. The van der Waals surface area contributed by atoms with E-state index >= 15 is 0 Å². The summed E-state index contributed by atoms with van der Waals surface area (Å²) in [6.07, 6.45) is 3.58. The number of rotatable bonds is 3. The van der Waals surface area contributed by atoms with Crippen molar-refractivity contribution in [3.63, 3.8) is 0 Å². The topological polar surface area (TPSA) is 64.3 Å². The summed E-state index contributed by atoms with van der Waals surface area (Å²) in [5.74, 6) is -0.275. The van der Waals surface area contributed by atoms with Crippen molar-refractivity contribution in [1.29, 1.82) is 0 Å². The normalized spacial score (nSPS) is 11.8. The molecule has 0 bridgehead atoms. The molecule has 0 saturated heterocycles. The van der Waals surface area contributed by atoms with E-state index in [0.29, 0.717) is 27.1 Å². The van der Waals surface area contributed by atoms with Crippen LogP contribution < -0.4 is 10.9 Å². The van der Waals surface area contributed by atoms with Crippen molar-refractivity contribution in [2.75, 3.05) is 0 Å². The molecule has 0 spiro atoms. The molecule has 0 aliphatic rings. The Morgan fingerprint density at radius 2 is 1.19 bits per heavy atom. The number of benzene rings is 5. The first-order chi connectivity index (χ1) is 27.6. The number of aryl methyl sites for hydroxylation is 2. The van der Waals surface area contributed by atoms with Crippen LogP contribution in [0.15, 0.2) is 131 Å². The summed E-state index contributed by atoms with van der Waals surface area (Å²) in [5, 5.41) is 2.35. The smallest absolute Gasteiger partial charge is 0.197 e. The SMILES string of the molecule is CC(C)(C)c1ccc2c(=O)c3cc(-c4ccnc(-c5[c-]cccc5)c4)cc4c(=O)c5ccc(C(C)(C)C)cc5n(c2c1)c34.Cc1cnc(-c2[c-]cc(F)cc2)cc1C.[Ir]. The van der Waals surface area contributed by atoms with Crippen LogP contribution in [0.4, 0.5) is 4.39 Å². The number of nitrogens with zero attached hydrogens (tertiary/aromatic N) is 3. The molecule has 4 heterocycles. The molecule has 0 N–H and O–H groups in total. The van der Waals surface area contributed by atoms with E-state index in [9.17, 15) is 14.0 Å². The zero-order valence-electron chi connectivity index (χ0n) is 34.4. The Hall–Kier alpha value is -5.88. The predicted octanol–water partition coefficient (Wildman–Crippen LogP) is 12.0. The van der Waals surface area contributed by atoms with E-state index in [2.05, 4.69) is 92.3 Å². The Bertz CT molecular complexity index is 3020. The maximum absolute atomic E-state index is 14.3. The van der Waals surface area contributed by atoms with E-state index in [1.54, 1.807) is 12.3 Å². The molecule has 5 aromatic carbocycles. The van der Waals surface area contributed by atoms with Gasteiger partial charge in [0.05, 0.1) is 16.6 Å². The van der Waals surface area contributed by atoms with Crippen LogP contribution in [-0.4, -0.2) is 14.4 Å². The summed E-state index contributed by atoms with van der Waals surface area (Å²) >= 11 is 0. The number of hydrogen-bond acceptors (Lipinski definition) is 4. The molecule has 0 amide bonds. The van der Waals surface area contributed by atoms with Gasteiger partial charge in [-0.25, -0.2) is 0 Å². The fraction of sp³-hybridized carbons (Fsp3) is 0.192. The van der Waals surface area contributed by atoms with Gasteiger partial charge in [0.15, 0.2) is 10.9 Å². The van der Waals surface area contributed by atoms with E-state index in [0.717, 1.165) is 61.4 Å². The zero-order chi connectivity index (χ0) is 41.1. The van der Waals surface area contributed by atoms with E-state index < -0.39 is 0 Å². The van der Waals surface area contributed by atoms with E-state index in [-0.39, 0.29) is 47.6 Å². The van der Waals surface area contributed by atoms with Gasteiger partial charge in [0.2, 0.25) is 0 Å². The van der Waals surface area contributed by atoms with Crippen LogP contribution >= 0.6 is 0 Å². The summed E-state index contributed by atoms with van der Waals surface area (Å²) in [4.78, 5) is 37.4. The third-order valence-corrected chi connectivity index (χ3v) is 11.0. The maximum Gasteiger partial charge on any atom is 0.197 e. The molecule has 0 aliphatic carbocycles. The van der Waals surface area contributed by atoms with Gasteiger partial charge in [-0.05, 0) is 106 Å². The molecule has 5 nitrogen and oxygen atoms in total. The van der Waals surface area contributed by atoms with Crippen molar-refractivity contribution in [3.05, 3.63) is 182 Å². The minimum Gasteiger partial charge on any atom is -0.307 e. The molecule has 0 atom stereocenters. The van der Waals surface area contributed by atoms with Crippen molar-refractivity contribution in [3.8, 4) is 33.6 Å². The van der Waals surface area contributed by atoms with Crippen LogP contribution in [0.2, 0.25) is 0 Å². The summed E-state index contributed by atoms with van der Waals surface area (Å²) in [7, 11) is 0. The summed E-state index contributed by atoms with van der Waals surface area (Å²) in [6.45, 7) is 17.1. The number of halogens is 1. The van der Waals surface area contributed by atoms with Gasteiger partial charge in [0, 0.05) is 59.9 Å².